The van der Waals surface area contributed by atoms with Crippen molar-refractivity contribution >= 4 is 28.7 Å². The molecule has 0 saturated carbocycles. The van der Waals surface area contributed by atoms with E-state index in [1.54, 1.807) is 0 Å². The number of aromatic nitrogens is 1. The molecule has 0 bridgehead atoms. The van der Waals surface area contributed by atoms with Crippen molar-refractivity contribution in [3.63, 3.8) is 0 Å². The molecule has 2 saturated heterocycles. The zero-order valence-corrected chi connectivity index (χ0v) is 16.9. The van der Waals surface area contributed by atoms with Crippen LogP contribution in [0.5, 0.6) is 0 Å². The lowest BCUT2D eigenvalue weighted by molar-refractivity contribution is -0.160. The van der Waals surface area contributed by atoms with Gasteiger partial charge in [0, 0.05) is 32.2 Å². The van der Waals surface area contributed by atoms with Gasteiger partial charge < -0.3 is 18.9 Å². The summed E-state index contributed by atoms with van der Waals surface area (Å²) in [6, 6.07) is 8.37. The molecular weight excluding hydrogens is 374 g/mol. The van der Waals surface area contributed by atoms with Crippen molar-refractivity contribution in [2.75, 3.05) is 45.3 Å². The van der Waals surface area contributed by atoms with E-state index in [9.17, 15) is 9.59 Å². The molecule has 8 heteroatoms. The van der Waals surface area contributed by atoms with E-state index in [2.05, 4.69) is 15.0 Å². The molecule has 2 fully saturated rings. The van der Waals surface area contributed by atoms with Crippen molar-refractivity contribution in [1.29, 1.82) is 0 Å². The van der Waals surface area contributed by atoms with Crippen LogP contribution in [0.3, 0.4) is 0 Å². The Balaban J connectivity index is 1.39. The normalized spacial score (nSPS) is 22.5. The third-order valence-corrected chi connectivity index (χ3v) is 6.20. The maximum atomic E-state index is 12.0. The van der Waals surface area contributed by atoms with Gasteiger partial charge in [-0.15, -0.1) is 0 Å². The third-order valence-electron chi connectivity index (χ3n) is 6.20. The maximum absolute atomic E-state index is 12.0. The Morgan fingerprint density at radius 2 is 1.90 bits per heavy atom. The van der Waals surface area contributed by atoms with Crippen LogP contribution in [0.1, 0.15) is 19.3 Å². The zero-order valence-electron chi connectivity index (χ0n) is 16.9. The summed E-state index contributed by atoms with van der Waals surface area (Å²) in [4.78, 5) is 28.8. The fourth-order valence-electron chi connectivity index (χ4n) is 4.65. The number of hydrogen-bond donors (Lipinski definition) is 0. The highest BCUT2D eigenvalue weighted by atomic mass is 16.5. The standard InChI is InChI=1S/C21H27N3O5/c1-27-20(25)17(21(26)28-2)11-14-7-8-15-13-24(10-9-23(15)12-14)19-16-5-3-4-6-18(16)29-22-19/h3-6,14-15,17H,7-13H2,1-2H3. The molecule has 8 nitrogen and oxygen atoms in total. The van der Waals surface area contributed by atoms with Crippen LogP contribution in [0.4, 0.5) is 5.82 Å². The largest absolute Gasteiger partial charge is 0.468 e. The molecule has 0 amide bonds. The predicted octanol–water partition coefficient (Wildman–Crippen LogP) is 2.08. The molecule has 2 aromatic rings. The summed E-state index contributed by atoms with van der Waals surface area (Å²) in [6.45, 7) is 3.57. The van der Waals surface area contributed by atoms with Crippen molar-refractivity contribution in [2.45, 2.75) is 25.3 Å². The lowest BCUT2D eigenvalue weighted by atomic mass is 9.84. The van der Waals surface area contributed by atoms with Gasteiger partial charge in [0.2, 0.25) is 0 Å². The van der Waals surface area contributed by atoms with E-state index in [-0.39, 0.29) is 5.92 Å². The average Bonchev–Trinajstić information content (AvgIpc) is 3.20. The van der Waals surface area contributed by atoms with Crippen LogP contribution >= 0.6 is 0 Å². The van der Waals surface area contributed by atoms with Crippen LogP contribution in [-0.4, -0.2) is 68.4 Å². The summed E-state index contributed by atoms with van der Waals surface area (Å²) in [5, 5.41) is 5.35. The number of carbonyl (C=O) groups excluding carboxylic acids is 2. The molecule has 2 aliphatic rings. The van der Waals surface area contributed by atoms with Gasteiger partial charge in [-0.3, -0.25) is 14.5 Å². The Labute approximate surface area is 169 Å². The quantitative estimate of drug-likeness (QED) is 0.556. The van der Waals surface area contributed by atoms with Gasteiger partial charge in [-0.25, -0.2) is 0 Å². The number of piperidine rings is 1. The number of piperazine rings is 1. The van der Waals surface area contributed by atoms with E-state index in [4.69, 9.17) is 14.0 Å². The molecule has 2 atom stereocenters. The van der Waals surface area contributed by atoms with E-state index in [0.29, 0.717) is 12.5 Å². The van der Waals surface area contributed by atoms with Gasteiger partial charge >= 0.3 is 11.9 Å². The molecule has 3 heterocycles. The van der Waals surface area contributed by atoms with Crippen molar-refractivity contribution in [2.24, 2.45) is 11.8 Å². The number of anilines is 1. The molecule has 156 valence electrons. The average molecular weight is 401 g/mol. The summed E-state index contributed by atoms with van der Waals surface area (Å²) in [6.07, 6.45) is 2.46. The van der Waals surface area contributed by atoms with Crippen LogP contribution in [0, 0.1) is 11.8 Å². The fraction of sp³-hybridized carbons (Fsp3) is 0.571. The number of para-hydroxylation sites is 1. The van der Waals surface area contributed by atoms with Crippen molar-refractivity contribution < 1.29 is 23.6 Å². The van der Waals surface area contributed by atoms with E-state index >= 15 is 0 Å². The number of hydrogen-bond acceptors (Lipinski definition) is 8. The lowest BCUT2D eigenvalue weighted by Crippen LogP contribution is -2.57. The van der Waals surface area contributed by atoms with Crippen molar-refractivity contribution in [3.8, 4) is 0 Å². The second-order valence-corrected chi connectivity index (χ2v) is 7.88. The summed E-state index contributed by atoms with van der Waals surface area (Å²) in [5.74, 6) is -0.676. The molecule has 4 rings (SSSR count). The highest BCUT2D eigenvalue weighted by Crippen LogP contribution is 2.33. The first-order valence-electron chi connectivity index (χ1n) is 10.1. The first kappa shape index (κ1) is 19.7. The molecule has 1 aromatic heterocycles. The smallest absolute Gasteiger partial charge is 0.320 e. The Hall–Kier alpha value is -2.61. The van der Waals surface area contributed by atoms with E-state index in [1.807, 2.05) is 24.3 Å². The van der Waals surface area contributed by atoms with Crippen LogP contribution in [0.15, 0.2) is 28.8 Å². The summed E-state index contributed by atoms with van der Waals surface area (Å²) >= 11 is 0. The van der Waals surface area contributed by atoms with Gasteiger partial charge in [-0.2, -0.15) is 0 Å². The monoisotopic (exact) mass is 401 g/mol. The van der Waals surface area contributed by atoms with Crippen molar-refractivity contribution in [1.82, 2.24) is 10.1 Å². The molecule has 29 heavy (non-hydrogen) atoms. The number of nitrogens with zero attached hydrogens (tertiary/aromatic N) is 3. The SMILES string of the molecule is COC(=O)C(CC1CCC2CN(c3noc4ccccc34)CCN2C1)C(=O)OC. The summed E-state index contributed by atoms with van der Waals surface area (Å²) in [5.41, 5.74) is 0.810. The van der Waals surface area contributed by atoms with E-state index in [0.717, 1.165) is 55.8 Å². The van der Waals surface area contributed by atoms with Gasteiger partial charge in [0.05, 0.1) is 19.6 Å². The number of ether oxygens (including phenoxy) is 2. The minimum atomic E-state index is -0.839. The van der Waals surface area contributed by atoms with E-state index in [1.165, 1.54) is 14.2 Å². The second-order valence-electron chi connectivity index (χ2n) is 7.88. The Kier molecular flexibility index (Phi) is 5.71. The first-order valence-corrected chi connectivity index (χ1v) is 10.1. The van der Waals surface area contributed by atoms with E-state index < -0.39 is 17.9 Å². The van der Waals surface area contributed by atoms with Crippen LogP contribution in [0.2, 0.25) is 0 Å². The number of fused-ring (bicyclic) bond motifs is 2. The minimum Gasteiger partial charge on any atom is -0.468 e. The molecule has 2 unspecified atom stereocenters. The molecule has 0 N–H and O–H groups in total. The molecule has 1 aromatic carbocycles. The summed E-state index contributed by atoms with van der Waals surface area (Å²) in [7, 11) is 2.62. The van der Waals surface area contributed by atoms with Crippen LogP contribution < -0.4 is 4.90 Å². The summed E-state index contributed by atoms with van der Waals surface area (Å²) < 4.78 is 15.1. The Morgan fingerprint density at radius 1 is 1.14 bits per heavy atom. The van der Waals surface area contributed by atoms with Gasteiger partial charge in [-0.05, 0) is 37.3 Å². The van der Waals surface area contributed by atoms with Gasteiger partial charge in [0.25, 0.3) is 0 Å². The Bertz CT molecular complexity index is 866. The number of rotatable bonds is 5. The third kappa shape index (κ3) is 3.94. The van der Waals surface area contributed by atoms with Crippen LogP contribution in [0.25, 0.3) is 11.0 Å². The molecular formula is C21H27N3O5. The Morgan fingerprint density at radius 3 is 2.66 bits per heavy atom. The number of carbonyl (C=O) groups is 2. The molecule has 2 aliphatic heterocycles. The highest BCUT2D eigenvalue weighted by molar-refractivity contribution is 5.94. The minimum absolute atomic E-state index is 0.272. The number of methoxy groups -OCH3 is 2. The predicted molar refractivity (Wildman–Crippen MR) is 106 cm³/mol. The second kappa shape index (κ2) is 8.41. The van der Waals surface area contributed by atoms with Crippen LogP contribution in [-0.2, 0) is 19.1 Å². The molecule has 0 spiro atoms. The zero-order chi connectivity index (χ0) is 20.4. The topological polar surface area (TPSA) is 85.1 Å². The highest BCUT2D eigenvalue weighted by Gasteiger charge is 2.38. The number of benzene rings is 1. The number of esters is 2. The fourth-order valence-corrected chi connectivity index (χ4v) is 4.65. The van der Waals surface area contributed by atoms with Gasteiger partial charge in [0.1, 0.15) is 0 Å². The van der Waals surface area contributed by atoms with Crippen molar-refractivity contribution in [3.05, 3.63) is 24.3 Å². The molecule has 0 aliphatic carbocycles. The lowest BCUT2D eigenvalue weighted by Gasteiger charge is -2.46. The van der Waals surface area contributed by atoms with Gasteiger partial charge in [-0.1, -0.05) is 17.3 Å². The maximum Gasteiger partial charge on any atom is 0.320 e. The van der Waals surface area contributed by atoms with Gasteiger partial charge in [0.15, 0.2) is 17.3 Å². The molecule has 0 radical (unpaired) electrons. The first-order chi connectivity index (χ1) is 14.1.